The number of halogens is 2. The zero-order valence-electron chi connectivity index (χ0n) is 11.6. The third-order valence-electron chi connectivity index (χ3n) is 3.29. The Hall–Kier alpha value is -1.92. The largest absolute Gasteiger partial charge is 0.491 e. The van der Waals surface area contributed by atoms with Gasteiger partial charge in [0.15, 0.2) is 0 Å². The van der Waals surface area contributed by atoms with Gasteiger partial charge in [0.2, 0.25) is 0 Å². The molecule has 0 bridgehead atoms. The molecule has 0 atom stereocenters. The standard InChI is InChI=1S/C15H16BF2NO2/c1-2-19(13-6-4-12(17)5-7-13)10-11-3-8-15(18)14(9-11)16(20)21/h3-9,20-21H,2,10H2,1H3. The molecule has 0 unspecified atom stereocenters. The fourth-order valence-electron chi connectivity index (χ4n) is 2.15. The minimum Gasteiger partial charge on any atom is -0.423 e. The van der Waals surface area contributed by atoms with Crippen LogP contribution in [0, 0.1) is 11.6 Å². The average molecular weight is 291 g/mol. The lowest BCUT2D eigenvalue weighted by Gasteiger charge is -2.23. The molecule has 110 valence electrons. The van der Waals surface area contributed by atoms with E-state index in [1.807, 2.05) is 11.8 Å². The summed E-state index contributed by atoms with van der Waals surface area (Å²) < 4.78 is 26.4. The van der Waals surface area contributed by atoms with Gasteiger partial charge in [0.05, 0.1) is 0 Å². The summed E-state index contributed by atoms with van der Waals surface area (Å²) in [5, 5.41) is 18.3. The molecule has 0 heterocycles. The second-order valence-corrected chi connectivity index (χ2v) is 4.72. The van der Waals surface area contributed by atoms with Crippen molar-refractivity contribution in [1.82, 2.24) is 0 Å². The van der Waals surface area contributed by atoms with Crippen molar-refractivity contribution >= 4 is 18.3 Å². The molecule has 0 aliphatic rings. The van der Waals surface area contributed by atoms with Crippen molar-refractivity contribution in [3.05, 3.63) is 59.7 Å². The number of hydrogen-bond donors (Lipinski definition) is 2. The molecule has 0 aromatic heterocycles. The molecule has 0 aliphatic heterocycles. The molecular formula is C15H16BF2NO2. The Labute approximate surface area is 122 Å². The van der Waals surface area contributed by atoms with Crippen LogP contribution in [0.4, 0.5) is 14.5 Å². The molecule has 0 saturated carbocycles. The van der Waals surface area contributed by atoms with Crippen LogP contribution in [-0.4, -0.2) is 23.7 Å². The highest BCUT2D eigenvalue weighted by molar-refractivity contribution is 6.58. The van der Waals surface area contributed by atoms with E-state index in [1.165, 1.54) is 24.3 Å². The van der Waals surface area contributed by atoms with Gasteiger partial charge in [0.25, 0.3) is 0 Å². The number of hydrogen-bond acceptors (Lipinski definition) is 3. The molecule has 2 N–H and O–H groups in total. The molecule has 0 saturated heterocycles. The lowest BCUT2D eigenvalue weighted by molar-refractivity contribution is 0.423. The predicted molar refractivity (Wildman–Crippen MR) is 79.3 cm³/mol. The summed E-state index contributed by atoms with van der Waals surface area (Å²) in [6, 6.07) is 10.3. The van der Waals surface area contributed by atoms with Crippen molar-refractivity contribution in [2.24, 2.45) is 0 Å². The highest BCUT2D eigenvalue weighted by Gasteiger charge is 2.17. The Balaban J connectivity index is 2.22. The van der Waals surface area contributed by atoms with Crippen molar-refractivity contribution in [2.75, 3.05) is 11.4 Å². The maximum absolute atomic E-state index is 13.4. The van der Waals surface area contributed by atoms with E-state index in [4.69, 9.17) is 10.0 Å². The third-order valence-corrected chi connectivity index (χ3v) is 3.29. The Bertz CT molecular complexity index is 605. The van der Waals surface area contributed by atoms with Crippen molar-refractivity contribution in [3.63, 3.8) is 0 Å². The van der Waals surface area contributed by atoms with Crippen LogP contribution in [0.15, 0.2) is 42.5 Å². The lowest BCUT2D eigenvalue weighted by atomic mass is 9.79. The van der Waals surface area contributed by atoms with Crippen molar-refractivity contribution < 1.29 is 18.8 Å². The first-order valence-corrected chi connectivity index (χ1v) is 6.66. The highest BCUT2D eigenvalue weighted by Crippen LogP contribution is 2.17. The zero-order chi connectivity index (χ0) is 15.4. The predicted octanol–water partition coefficient (Wildman–Crippen LogP) is 1.67. The summed E-state index contributed by atoms with van der Waals surface area (Å²) in [5.41, 5.74) is 1.43. The van der Waals surface area contributed by atoms with Gasteiger partial charge in [-0.3, -0.25) is 0 Å². The summed E-state index contributed by atoms with van der Waals surface area (Å²) in [6.45, 7) is 3.09. The first-order chi connectivity index (χ1) is 10.0. The molecule has 2 aromatic rings. The Morgan fingerprint density at radius 1 is 1.05 bits per heavy atom. The SMILES string of the molecule is CCN(Cc1ccc(F)c(B(O)O)c1)c1ccc(F)cc1. The van der Waals surface area contributed by atoms with Gasteiger partial charge in [-0.25, -0.2) is 8.78 Å². The minimum absolute atomic E-state index is 0.150. The molecular weight excluding hydrogens is 275 g/mol. The van der Waals surface area contributed by atoms with E-state index in [-0.39, 0.29) is 11.3 Å². The summed E-state index contributed by atoms with van der Waals surface area (Å²) in [7, 11) is -1.84. The van der Waals surface area contributed by atoms with Crippen LogP contribution >= 0.6 is 0 Å². The molecule has 0 amide bonds. The maximum Gasteiger partial charge on any atom is 0.491 e. The van der Waals surface area contributed by atoms with E-state index in [1.54, 1.807) is 18.2 Å². The van der Waals surface area contributed by atoms with E-state index >= 15 is 0 Å². The average Bonchev–Trinajstić information content (AvgIpc) is 2.47. The molecule has 3 nitrogen and oxygen atoms in total. The van der Waals surface area contributed by atoms with E-state index in [9.17, 15) is 8.78 Å². The van der Waals surface area contributed by atoms with Crippen LogP contribution in [0.3, 0.4) is 0 Å². The van der Waals surface area contributed by atoms with Crippen LogP contribution in [0.25, 0.3) is 0 Å². The van der Waals surface area contributed by atoms with Gasteiger partial charge >= 0.3 is 7.12 Å². The van der Waals surface area contributed by atoms with Crippen molar-refractivity contribution in [1.29, 1.82) is 0 Å². The van der Waals surface area contributed by atoms with E-state index < -0.39 is 12.9 Å². The van der Waals surface area contributed by atoms with Gasteiger partial charge in [-0.15, -0.1) is 0 Å². The van der Waals surface area contributed by atoms with Crippen LogP contribution in [0.2, 0.25) is 0 Å². The molecule has 2 aromatic carbocycles. The van der Waals surface area contributed by atoms with Gasteiger partial charge in [-0.1, -0.05) is 12.1 Å². The van der Waals surface area contributed by atoms with Gasteiger partial charge in [-0.2, -0.15) is 0 Å². The van der Waals surface area contributed by atoms with Gasteiger partial charge in [-0.05, 0) is 42.8 Å². The van der Waals surface area contributed by atoms with Gasteiger partial charge < -0.3 is 14.9 Å². The Morgan fingerprint density at radius 3 is 2.29 bits per heavy atom. The summed E-state index contributed by atoms with van der Waals surface area (Å²) in [5.74, 6) is -0.958. The normalized spacial score (nSPS) is 10.5. The number of anilines is 1. The van der Waals surface area contributed by atoms with Crippen LogP contribution in [0.1, 0.15) is 12.5 Å². The molecule has 0 fully saturated rings. The van der Waals surface area contributed by atoms with Crippen LogP contribution < -0.4 is 10.4 Å². The number of benzene rings is 2. The summed E-state index contributed by atoms with van der Waals surface area (Å²) in [4.78, 5) is 1.97. The van der Waals surface area contributed by atoms with Crippen LogP contribution in [-0.2, 0) is 6.54 Å². The fourth-order valence-corrected chi connectivity index (χ4v) is 2.15. The summed E-state index contributed by atoms with van der Waals surface area (Å²) >= 11 is 0. The molecule has 2 rings (SSSR count). The van der Waals surface area contributed by atoms with Gasteiger partial charge in [0.1, 0.15) is 11.6 Å². The monoisotopic (exact) mass is 291 g/mol. The third kappa shape index (κ3) is 3.80. The van der Waals surface area contributed by atoms with Crippen LogP contribution in [0.5, 0.6) is 0 Å². The molecule has 21 heavy (non-hydrogen) atoms. The Morgan fingerprint density at radius 2 is 1.71 bits per heavy atom. The van der Waals surface area contributed by atoms with E-state index in [0.29, 0.717) is 13.1 Å². The summed E-state index contributed by atoms with van der Waals surface area (Å²) in [6.07, 6.45) is 0. The van der Waals surface area contributed by atoms with Gasteiger partial charge in [0, 0.05) is 24.2 Å². The quantitative estimate of drug-likeness (QED) is 0.824. The number of nitrogens with zero attached hydrogens (tertiary/aromatic N) is 1. The zero-order valence-corrected chi connectivity index (χ0v) is 11.6. The van der Waals surface area contributed by atoms with E-state index in [0.717, 1.165) is 11.3 Å². The molecule has 0 radical (unpaired) electrons. The smallest absolute Gasteiger partial charge is 0.423 e. The van der Waals surface area contributed by atoms with Crippen molar-refractivity contribution in [3.8, 4) is 0 Å². The molecule has 6 heteroatoms. The fraction of sp³-hybridized carbons (Fsp3) is 0.200. The highest BCUT2D eigenvalue weighted by atomic mass is 19.1. The second kappa shape index (κ2) is 6.69. The minimum atomic E-state index is -1.84. The molecule has 0 aliphatic carbocycles. The van der Waals surface area contributed by atoms with Crippen molar-refractivity contribution in [2.45, 2.75) is 13.5 Å². The molecule has 0 spiro atoms. The first-order valence-electron chi connectivity index (χ1n) is 6.66. The first kappa shape index (κ1) is 15.5. The maximum atomic E-state index is 13.4. The second-order valence-electron chi connectivity index (χ2n) is 4.72. The topological polar surface area (TPSA) is 43.7 Å². The number of rotatable bonds is 5. The van der Waals surface area contributed by atoms with E-state index in [2.05, 4.69) is 0 Å². The Kier molecular flexibility index (Phi) is 4.93. The lowest BCUT2D eigenvalue weighted by Crippen LogP contribution is -2.33.